The average molecular weight is 539 g/mol. The highest BCUT2D eigenvalue weighted by atomic mass is 32.1. The topological polar surface area (TPSA) is 106 Å². The third kappa shape index (κ3) is 5.31. The van der Waals surface area contributed by atoms with Crippen molar-refractivity contribution in [2.75, 3.05) is 18.1 Å². The summed E-state index contributed by atoms with van der Waals surface area (Å²) in [4.78, 5) is 44.7. The number of thiazole rings is 1. The van der Waals surface area contributed by atoms with Crippen LogP contribution < -0.4 is 9.64 Å². The number of aliphatic hydroxyl groups is 1. The fraction of sp³-hybridized carbons (Fsp3) is 0.286. The van der Waals surface area contributed by atoms with Gasteiger partial charge in [-0.25, -0.2) is 14.2 Å². The largest absolute Gasteiger partial charge is 0.507 e. The summed E-state index contributed by atoms with van der Waals surface area (Å²) in [6.45, 7) is 6.04. The summed E-state index contributed by atoms with van der Waals surface area (Å²) in [7, 11) is 0. The number of hydrogen-bond acceptors (Lipinski definition) is 8. The Morgan fingerprint density at radius 2 is 1.79 bits per heavy atom. The molecule has 4 rings (SSSR count). The average Bonchev–Trinajstić information content (AvgIpc) is 3.41. The highest BCUT2D eigenvalue weighted by Crippen LogP contribution is 2.44. The molecule has 3 aromatic rings. The lowest BCUT2D eigenvalue weighted by Crippen LogP contribution is -2.29. The molecule has 1 aromatic heterocycles. The number of aromatic nitrogens is 1. The normalized spacial score (nSPS) is 16.6. The Kier molecular flexibility index (Phi) is 8.21. The minimum absolute atomic E-state index is 0.0840. The number of rotatable bonds is 9. The molecule has 1 N–H and O–H groups in total. The molecule has 1 saturated heterocycles. The number of anilines is 1. The second-order valence-electron chi connectivity index (χ2n) is 8.58. The molecule has 1 amide bonds. The van der Waals surface area contributed by atoms with Gasteiger partial charge in [-0.05, 0) is 62.2 Å². The van der Waals surface area contributed by atoms with E-state index in [2.05, 4.69) is 11.9 Å². The Labute approximate surface area is 223 Å². The molecule has 0 radical (unpaired) electrons. The molecule has 1 aliphatic heterocycles. The second kappa shape index (κ2) is 11.6. The smallest absolute Gasteiger partial charge is 0.350 e. The number of benzene rings is 2. The molecule has 2 aromatic carbocycles. The van der Waals surface area contributed by atoms with Gasteiger partial charge in [0, 0.05) is 5.56 Å². The van der Waals surface area contributed by atoms with Crippen LogP contribution in [0.4, 0.5) is 9.52 Å². The van der Waals surface area contributed by atoms with Crippen molar-refractivity contribution in [3.05, 3.63) is 81.6 Å². The quantitative estimate of drug-likeness (QED) is 0.125. The minimum Gasteiger partial charge on any atom is -0.507 e. The van der Waals surface area contributed by atoms with Gasteiger partial charge in [0.2, 0.25) is 0 Å². The van der Waals surface area contributed by atoms with Gasteiger partial charge < -0.3 is 14.6 Å². The molecular formula is C28H27FN2O6S. The SMILES string of the molecule is CCCCOc1ccc(C(O)=C2C(=O)C(=O)N(c3nc(C)c(C(=O)OCC)s3)[C@@H]2c2ccc(F)cc2)cc1. The molecule has 1 fully saturated rings. The van der Waals surface area contributed by atoms with E-state index in [1.54, 1.807) is 38.1 Å². The number of carbonyl (C=O) groups is 3. The maximum Gasteiger partial charge on any atom is 0.350 e. The number of aliphatic hydroxyl groups excluding tert-OH is 1. The Morgan fingerprint density at radius 1 is 1.11 bits per heavy atom. The maximum atomic E-state index is 13.8. The molecule has 0 unspecified atom stereocenters. The molecule has 198 valence electrons. The number of ether oxygens (including phenoxy) is 2. The summed E-state index contributed by atoms with van der Waals surface area (Å²) < 4.78 is 24.5. The van der Waals surface area contributed by atoms with Crippen LogP contribution in [0.5, 0.6) is 5.75 Å². The lowest BCUT2D eigenvalue weighted by molar-refractivity contribution is -0.132. The van der Waals surface area contributed by atoms with Crippen molar-refractivity contribution < 1.29 is 33.4 Å². The number of nitrogens with zero attached hydrogens (tertiary/aromatic N) is 2. The Balaban J connectivity index is 1.80. The van der Waals surface area contributed by atoms with Crippen molar-refractivity contribution in [1.29, 1.82) is 0 Å². The summed E-state index contributed by atoms with van der Waals surface area (Å²) in [5.41, 5.74) is 0.853. The van der Waals surface area contributed by atoms with Crippen LogP contribution in [-0.4, -0.2) is 41.0 Å². The van der Waals surface area contributed by atoms with Gasteiger partial charge in [-0.3, -0.25) is 14.5 Å². The van der Waals surface area contributed by atoms with Crippen LogP contribution in [0.2, 0.25) is 0 Å². The van der Waals surface area contributed by atoms with Gasteiger partial charge in [-0.1, -0.05) is 36.8 Å². The standard InChI is InChI=1S/C28H27FN2O6S/c1-4-6-15-37-20-13-9-18(10-14-20)23(32)21-22(17-7-11-19(29)12-8-17)31(26(34)24(21)33)28-30-16(3)25(38-28)27(35)36-5-2/h7-14,22,32H,4-6,15H2,1-3H3/t22-/m1/s1. The first-order chi connectivity index (χ1) is 18.3. The first-order valence-corrected chi connectivity index (χ1v) is 13.0. The third-order valence-electron chi connectivity index (χ3n) is 5.98. The van der Waals surface area contributed by atoms with Crippen LogP contribution in [0.3, 0.4) is 0 Å². The van der Waals surface area contributed by atoms with Gasteiger partial charge in [-0.2, -0.15) is 0 Å². The van der Waals surface area contributed by atoms with Crippen LogP contribution >= 0.6 is 11.3 Å². The zero-order chi connectivity index (χ0) is 27.4. The van der Waals surface area contributed by atoms with E-state index in [9.17, 15) is 23.9 Å². The summed E-state index contributed by atoms with van der Waals surface area (Å²) >= 11 is 0.905. The molecule has 0 bridgehead atoms. The number of unbranched alkanes of at least 4 members (excludes halogenated alkanes) is 1. The molecular weight excluding hydrogens is 511 g/mol. The number of carbonyl (C=O) groups excluding carboxylic acids is 3. The number of Topliss-reactive ketones (excluding diaryl/α,β-unsaturated/α-hetero) is 1. The van der Waals surface area contributed by atoms with E-state index < -0.39 is 29.5 Å². The number of esters is 1. The monoisotopic (exact) mass is 538 g/mol. The van der Waals surface area contributed by atoms with Crippen molar-refractivity contribution >= 4 is 39.9 Å². The number of hydrogen-bond donors (Lipinski definition) is 1. The predicted octanol–water partition coefficient (Wildman–Crippen LogP) is 5.57. The number of halogens is 1. The molecule has 1 aliphatic rings. The number of amides is 1. The highest BCUT2D eigenvalue weighted by Gasteiger charge is 2.48. The number of aryl methyl sites for hydroxylation is 1. The predicted molar refractivity (Wildman–Crippen MR) is 141 cm³/mol. The first-order valence-electron chi connectivity index (χ1n) is 12.2. The Hall–Kier alpha value is -4.05. The van der Waals surface area contributed by atoms with E-state index in [0.29, 0.717) is 29.2 Å². The Morgan fingerprint density at radius 3 is 2.42 bits per heavy atom. The van der Waals surface area contributed by atoms with E-state index in [1.807, 2.05) is 0 Å². The molecule has 0 aliphatic carbocycles. The van der Waals surface area contributed by atoms with Gasteiger partial charge in [0.1, 0.15) is 22.2 Å². The summed E-state index contributed by atoms with van der Waals surface area (Å²) in [5, 5.41) is 11.3. The van der Waals surface area contributed by atoms with E-state index >= 15 is 0 Å². The van der Waals surface area contributed by atoms with E-state index in [4.69, 9.17) is 9.47 Å². The highest BCUT2D eigenvalue weighted by molar-refractivity contribution is 7.17. The van der Waals surface area contributed by atoms with Gasteiger partial charge >= 0.3 is 11.9 Å². The molecule has 2 heterocycles. The fourth-order valence-electron chi connectivity index (χ4n) is 4.06. The molecule has 0 spiro atoms. The zero-order valence-corrected chi connectivity index (χ0v) is 22.0. The minimum atomic E-state index is -1.10. The van der Waals surface area contributed by atoms with E-state index in [0.717, 1.165) is 29.1 Å². The van der Waals surface area contributed by atoms with Crippen LogP contribution in [0, 0.1) is 12.7 Å². The third-order valence-corrected chi connectivity index (χ3v) is 7.11. The molecule has 0 saturated carbocycles. The van der Waals surface area contributed by atoms with Crippen LogP contribution in [0.25, 0.3) is 5.76 Å². The Bertz CT molecular complexity index is 1380. The zero-order valence-electron chi connectivity index (χ0n) is 21.2. The van der Waals surface area contributed by atoms with Crippen LogP contribution in [0.1, 0.15) is 59.2 Å². The van der Waals surface area contributed by atoms with Crippen LogP contribution in [0.15, 0.2) is 54.1 Å². The lowest BCUT2D eigenvalue weighted by Gasteiger charge is -2.23. The molecule has 1 atom stereocenters. The van der Waals surface area contributed by atoms with Gasteiger partial charge in [0.25, 0.3) is 5.78 Å². The van der Waals surface area contributed by atoms with E-state index in [1.165, 1.54) is 24.3 Å². The first kappa shape index (κ1) is 27.0. The van der Waals surface area contributed by atoms with Gasteiger partial charge in [0.05, 0.1) is 30.5 Å². The van der Waals surface area contributed by atoms with Crippen molar-refractivity contribution in [3.63, 3.8) is 0 Å². The van der Waals surface area contributed by atoms with Crippen LogP contribution in [-0.2, 0) is 14.3 Å². The summed E-state index contributed by atoms with van der Waals surface area (Å²) in [6.07, 6.45) is 1.89. The van der Waals surface area contributed by atoms with E-state index in [-0.39, 0.29) is 27.9 Å². The van der Waals surface area contributed by atoms with Crippen molar-refractivity contribution in [2.45, 2.75) is 39.7 Å². The fourth-order valence-corrected chi connectivity index (χ4v) is 5.05. The van der Waals surface area contributed by atoms with Crippen molar-refractivity contribution in [2.24, 2.45) is 0 Å². The number of ketones is 1. The molecule has 8 nitrogen and oxygen atoms in total. The molecule has 38 heavy (non-hydrogen) atoms. The molecule has 10 heteroatoms. The second-order valence-corrected chi connectivity index (χ2v) is 9.56. The summed E-state index contributed by atoms with van der Waals surface area (Å²) in [5.74, 6) is -2.73. The van der Waals surface area contributed by atoms with Crippen molar-refractivity contribution in [3.8, 4) is 5.75 Å². The summed E-state index contributed by atoms with van der Waals surface area (Å²) in [6, 6.07) is 10.7. The maximum absolute atomic E-state index is 13.8. The lowest BCUT2D eigenvalue weighted by atomic mass is 9.95. The van der Waals surface area contributed by atoms with Gasteiger partial charge in [0.15, 0.2) is 5.13 Å². The van der Waals surface area contributed by atoms with Gasteiger partial charge in [-0.15, -0.1) is 0 Å². The van der Waals surface area contributed by atoms with Crippen molar-refractivity contribution in [1.82, 2.24) is 4.98 Å².